The molecular weight excluding hydrogens is 1020 g/mol. The highest BCUT2D eigenvalue weighted by molar-refractivity contribution is 6.16. The quantitative estimate of drug-likeness (QED) is 0.120. The fourth-order valence-electron chi connectivity index (χ4n) is 13.6. The Labute approximate surface area is 496 Å². The van der Waals surface area contributed by atoms with Crippen LogP contribution in [-0.4, -0.2) is 18.3 Å². The van der Waals surface area contributed by atoms with Gasteiger partial charge in [0.2, 0.25) is 0 Å². The maximum Gasteiger partial charge on any atom is 0.104 e. The lowest BCUT2D eigenvalue weighted by atomic mass is 9.98. The molecule has 5 heteroatoms. The molecule has 0 atom stereocenters. The molecule has 0 saturated carbocycles. The Morgan fingerprint density at radius 2 is 0.405 bits per heavy atom. The Hall–Kier alpha value is -8.33. The van der Waals surface area contributed by atoms with E-state index in [2.05, 4.69) is 287 Å². The van der Waals surface area contributed by atoms with Crippen LogP contribution in [0.3, 0.4) is 0 Å². The van der Waals surface area contributed by atoms with Crippen LogP contribution in [0.4, 0.5) is 0 Å². The highest BCUT2D eigenvalue weighted by Crippen LogP contribution is 2.49. The molecule has 0 amide bonds. The zero-order chi connectivity index (χ0) is 59.1. The summed E-state index contributed by atoms with van der Waals surface area (Å²) in [5.41, 5.74) is 23.2. The van der Waals surface area contributed by atoms with Crippen molar-refractivity contribution in [2.45, 2.75) is 158 Å². The van der Waals surface area contributed by atoms with Crippen LogP contribution in [0.15, 0.2) is 152 Å². The zero-order valence-corrected chi connectivity index (χ0v) is 52.3. The van der Waals surface area contributed by atoms with Crippen LogP contribution < -0.4 is 0 Å². The van der Waals surface area contributed by atoms with E-state index in [4.69, 9.17) is 0 Å². The van der Waals surface area contributed by atoms with E-state index < -0.39 is 0 Å². The fourth-order valence-corrected chi connectivity index (χ4v) is 13.6. The van der Waals surface area contributed by atoms with Gasteiger partial charge in [0.25, 0.3) is 0 Å². The summed E-state index contributed by atoms with van der Waals surface area (Å²) < 4.78 is 9.98. The molecule has 5 nitrogen and oxygen atoms in total. The van der Waals surface area contributed by atoms with Gasteiger partial charge in [0.1, 0.15) is 11.6 Å². The van der Waals surface area contributed by atoms with E-state index in [-0.39, 0.29) is 0 Å². The molecule has 0 fully saturated rings. The molecule has 422 valence electrons. The summed E-state index contributed by atoms with van der Waals surface area (Å²) in [6, 6.07) is 62.4. The van der Waals surface area contributed by atoms with E-state index in [1.54, 1.807) is 0 Å². The molecule has 0 aliphatic carbocycles. The Bertz CT molecular complexity index is 4310. The van der Waals surface area contributed by atoms with Crippen LogP contribution in [0.25, 0.3) is 110 Å². The third-order valence-corrected chi connectivity index (χ3v) is 18.9. The van der Waals surface area contributed by atoms with Crippen molar-refractivity contribution in [3.63, 3.8) is 0 Å². The van der Waals surface area contributed by atoms with Crippen molar-refractivity contribution in [1.29, 1.82) is 5.26 Å². The van der Waals surface area contributed by atoms with Gasteiger partial charge in [0, 0.05) is 43.1 Å². The molecule has 0 aliphatic rings. The van der Waals surface area contributed by atoms with E-state index in [0.29, 0.717) is 52.9 Å². The first-order chi connectivity index (χ1) is 40.2. The van der Waals surface area contributed by atoms with Gasteiger partial charge >= 0.3 is 0 Å². The molecule has 4 aromatic heterocycles. The second kappa shape index (κ2) is 20.5. The first kappa shape index (κ1) is 54.9. The normalized spacial score (nSPS) is 12.7. The number of nitriles is 1. The summed E-state index contributed by atoms with van der Waals surface area (Å²) in [5.74, 6) is 2.62. The van der Waals surface area contributed by atoms with Gasteiger partial charge in [-0.25, -0.2) is 0 Å². The molecule has 0 aliphatic heterocycles. The Balaban J connectivity index is 1.33. The van der Waals surface area contributed by atoms with Crippen molar-refractivity contribution in [2.75, 3.05) is 0 Å². The molecule has 0 unspecified atom stereocenters. The van der Waals surface area contributed by atoms with Gasteiger partial charge in [-0.05, 0) is 195 Å². The lowest BCUT2D eigenvalue weighted by molar-refractivity contribution is 0.868. The monoisotopic (exact) mass is 1100 g/mol. The smallest absolute Gasteiger partial charge is 0.104 e. The first-order valence-electron chi connectivity index (χ1n) is 31.2. The summed E-state index contributed by atoms with van der Waals surface area (Å²) in [6.07, 6.45) is 0. The van der Waals surface area contributed by atoms with Crippen molar-refractivity contribution in [1.82, 2.24) is 18.3 Å². The molecule has 0 radical (unpaired) electrons. The van der Waals surface area contributed by atoms with Gasteiger partial charge < -0.3 is 18.3 Å². The first-order valence-corrected chi connectivity index (χ1v) is 31.2. The van der Waals surface area contributed by atoms with Crippen molar-refractivity contribution in [3.05, 3.63) is 202 Å². The highest BCUT2D eigenvalue weighted by atomic mass is 15.1. The number of fused-ring (bicyclic) bond motifs is 12. The number of aromatic nitrogens is 4. The third-order valence-electron chi connectivity index (χ3n) is 18.9. The van der Waals surface area contributed by atoms with Gasteiger partial charge in [0.15, 0.2) is 0 Å². The second-order valence-electron chi connectivity index (χ2n) is 26.9. The van der Waals surface area contributed by atoms with Crippen molar-refractivity contribution in [3.8, 4) is 28.8 Å². The number of benzene rings is 9. The number of nitrogens with zero attached hydrogens (tertiary/aromatic N) is 5. The van der Waals surface area contributed by atoms with E-state index in [0.717, 1.165) is 66.9 Å². The summed E-state index contributed by atoms with van der Waals surface area (Å²) in [7, 11) is 0. The maximum absolute atomic E-state index is 13.0. The van der Waals surface area contributed by atoms with E-state index >= 15 is 0 Å². The minimum absolute atomic E-state index is 0.323. The molecule has 0 saturated heterocycles. The summed E-state index contributed by atoms with van der Waals surface area (Å²) >= 11 is 0. The molecule has 9 aromatic carbocycles. The predicted molar refractivity (Wildman–Crippen MR) is 361 cm³/mol. The molecule has 84 heavy (non-hydrogen) atoms. The molecule has 0 N–H and O–H groups in total. The summed E-state index contributed by atoms with van der Waals surface area (Å²) in [4.78, 5) is 0. The lowest BCUT2D eigenvalue weighted by Gasteiger charge is -2.25. The minimum Gasteiger partial charge on any atom is -0.307 e. The topological polar surface area (TPSA) is 43.5 Å². The molecule has 0 spiro atoms. The molecule has 0 bridgehead atoms. The van der Waals surface area contributed by atoms with E-state index in [9.17, 15) is 5.26 Å². The lowest BCUT2D eigenvalue weighted by Crippen LogP contribution is -2.14. The van der Waals surface area contributed by atoms with Gasteiger partial charge in [-0.2, -0.15) is 5.26 Å². The highest BCUT2D eigenvalue weighted by Gasteiger charge is 2.32. The molecule has 13 rings (SSSR count). The standard InChI is InChI=1S/C79H81N5/c1-43(2)51-17-25-68-59(33-51)60-34-52(44(3)4)18-26-69(60)81(68)76-41-77(82-70-27-19-53(45(5)6)35-61(70)62-36-54(46(7)8)20-28-71(62)82)79(84-74-31-23-57(49(13)14)39-65(74)66-40-58(50(15)16)24-32-75(66)84)67(42-80)78(76)83-72-29-21-55(47(9)10)37-63(72)64-38-56(48(11)12)22-30-73(64)83/h17-41,43-50H,1-16H3. The maximum atomic E-state index is 13.0. The van der Waals surface area contributed by atoms with Crippen molar-refractivity contribution < 1.29 is 0 Å². The Kier molecular flexibility index (Phi) is 13.4. The van der Waals surface area contributed by atoms with Crippen LogP contribution >= 0.6 is 0 Å². The summed E-state index contributed by atoms with van der Waals surface area (Å²) in [6.45, 7) is 36.7. The number of hydrogen-bond donors (Lipinski definition) is 0. The number of rotatable bonds is 12. The molecule has 13 aromatic rings. The average Bonchev–Trinajstić information content (AvgIpc) is 3.82. The summed E-state index contributed by atoms with van der Waals surface area (Å²) in [5, 5.41) is 22.6. The SMILES string of the molecule is CC(C)c1ccc2c(c1)c1cc(C(C)C)ccc1n2-c1cc(-n2c3ccc(C(C)C)cc3c3cc(C(C)C)ccc32)c(-n2c3ccc(C(C)C)cc3c3cc(C(C)C)ccc32)c(C#N)c1-n1c2ccc(C(C)C)cc2c2cc(C(C)C)ccc21. The Morgan fingerprint density at radius 3 is 0.560 bits per heavy atom. The molecular formula is C79H81N5. The van der Waals surface area contributed by atoms with Crippen LogP contribution in [0.2, 0.25) is 0 Å². The van der Waals surface area contributed by atoms with Crippen molar-refractivity contribution in [2.24, 2.45) is 0 Å². The molecule has 4 heterocycles. The number of hydrogen-bond acceptors (Lipinski definition) is 1. The van der Waals surface area contributed by atoms with Gasteiger partial charge in [-0.1, -0.05) is 159 Å². The predicted octanol–water partition coefficient (Wildman–Crippen LogP) is 22.9. The van der Waals surface area contributed by atoms with Gasteiger partial charge in [-0.3, -0.25) is 0 Å². The van der Waals surface area contributed by atoms with E-state index in [1.165, 1.54) is 87.6 Å². The van der Waals surface area contributed by atoms with Crippen LogP contribution in [0, 0.1) is 11.3 Å². The Morgan fingerprint density at radius 1 is 0.238 bits per heavy atom. The van der Waals surface area contributed by atoms with Gasteiger partial charge in [-0.15, -0.1) is 0 Å². The second-order valence-corrected chi connectivity index (χ2v) is 26.9. The average molecular weight is 1100 g/mol. The van der Waals surface area contributed by atoms with Crippen LogP contribution in [0.1, 0.15) is 208 Å². The largest absolute Gasteiger partial charge is 0.307 e. The van der Waals surface area contributed by atoms with Gasteiger partial charge in [0.05, 0.1) is 66.9 Å². The van der Waals surface area contributed by atoms with Crippen LogP contribution in [0.5, 0.6) is 0 Å². The van der Waals surface area contributed by atoms with Crippen molar-refractivity contribution >= 4 is 87.2 Å². The van der Waals surface area contributed by atoms with E-state index in [1.807, 2.05) is 0 Å². The van der Waals surface area contributed by atoms with Crippen LogP contribution in [-0.2, 0) is 0 Å². The third kappa shape index (κ3) is 8.52. The zero-order valence-electron chi connectivity index (χ0n) is 52.3. The fraction of sp³-hybridized carbons (Fsp3) is 0.304. The minimum atomic E-state index is 0.323.